The molecule has 2 fully saturated rings. The third kappa shape index (κ3) is 16.9. The molecule has 10 N–H and O–H groups in total. The van der Waals surface area contributed by atoms with Gasteiger partial charge in [-0.3, -0.25) is 25.0 Å². The molecule has 2 aromatic carbocycles. The van der Waals surface area contributed by atoms with Crippen molar-refractivity contribution < 1.29 is 53.5 Å². The molecule has 0 unspecified atom stereocenters. The molecule has 2 saturated heterocycles. The van der Waals surface area contributed by atoms with Crippen LogP contribution in [0.15, 0.2) is 70.5 Å². The number of piperazine rings is 1. The number of carboxylic acid groups (broad SMARTS) is 1. The number of urea groups is 1. The summed E-state index contributed by atoms with van der Waals surface area (Å²) in [5, 5.41) is 63.5. The van der Waals surface area contributed by atoms with E-state index in [1.807, 2.05) is 27.7 Å². The highest BCUT2D eigenvalue weighted by Crippen LogP contribution is 2.27. The van der Waals surface area contributed by atoms with Gasteiger partial charge >= 0.3 is 18.1 Å². The van der Waals surface area contributed by atoms with Gasteiger partial charge in [0.2, 0.25) is 17.2 Å². The number of nitrogens with two attached hydrogens (primary N) is 1. The summed E-state index contributed by atoms with van der Waals surface area (Å²) in [5.74, 6) is -2.67. The van der Waals surface area contributed by atoms with Crippen molar-refractivity contribution in [3.05, 3.63) is 82.5 Å². The number of anilines is 2. The number of unbranched alkanes of at least 4 members (excludes halogenated alkanes) is 2. The van der Waals surface area contributed by atoms with Crippen LogP contribution >= 0.6 is 0 Å². The highest BCUT2D eigenvalue weighted by Gasteiger charge is 2.31. The molecule has 3 aromatic rings. The van der Waals surface area contributed by atoms with Crippen molar-refractivity contribution in [2.75, 3.05) is 56.0 Å². The van der Waals surface area contributed by atoms with Crippen molar-refractivity contribution in [1.29, 1.82) is 0 Å². The average molecular weight is 1070 g/mol. The molecule has 1 aromatic heterocycles. The molecule has 2 aliphatic rings. The SMILES string of the molecule is C=CN(/N=N\C[C@@H](N[C@H](O)[C@@H](N[C@@H](O)CCCCCN1C(=O)CC[C@H]1O)C(C)C)C(C)C)[C@@H](CCCNC(N)=O)C(=O)Nc1ccc(COC(=O)N2CCN(c3cc4c(cc3F)c(=O)c(C(=O)O)cn4CC)CC2)cc1. The van der Waals surface area contributed by atoms with E-state index in [1.54, 1.807) is 40.7 Å². The minimum Gasteiger partial charge on any atom is -0.477 e. The molecule has 0 bridgehead atoms. The summed E-state index contributed by atoms with van der Waals surface area (Å²) in [4.78, 5) is 79.6. The Balaban J connectivity index is 1.12. The lowest BCUT2D eigenvalue weighted by molar-refractivity contribution is -0.133. The van der Waals surface area contributed by atoms with Crippen LogP contribution in [-0.2, 0) is 27.5 Å². The van der Waals surface area contributed by atoms with Gasteiger partial charge in [-0.15, -0.1) is 0 Å². The van der Waals surface area contributed by atoms with Crippen molar-refractivity contribution in [1.82, 2.24) is 35.3 Å². The quantitative estimate of drug-likeness (QED) is 0.0203. The van der Waals surface area contributed by atoms with Gasteiger partial charge in [-0.25, -0.2) is 23.8 Å². The first kappa shape index (κ1) is 60.1. The van der Waals surface area contributed by atoms with Crippen LogP contribution in [0.3, 0.4) is 0 Å². The number of fused-ring (bicyclic) bond motifs is 1. The first-order chi connectivity index (χ1) is 36.2. The van der Waals surface area contributed by atoms with E-state index in [1.165, 1.54) is 33.3 Å². The third-order valence-corrected chi connectivity index (χ3v) is 13.7. The van der Waals surface area contributed by atoms with Gasteiger partial charge < -0.3 is 60.8 Å². The molecule has 418 valence electrons. The minimum absolute atomic E-state index is 0.0227. The number of aliphatic hydroxyl groups is 3. The molecular weight excluding hydrogens is 988 g/mol. The first-order valence-corrected chi connectivity index (χ1v) is 26.1. The lowest BCUT2D eigenvalue weighted by Gasteiger charge is -2.35. The van der Waals surface area contributed by atoms with Crippen LogP contribution in [0.25, 0.3) is 10.9 Å². The number of halogens is 1. The van der Waals surface area contributed by atoms with Gasteiger partial charge in [-0.2, -0.15) is 5.11 Å². The van der Waals surface area contributed by atoms with Crippen LogP contribution in [0.4, 0.5) is 25.4 Å². The van der Waals surface area contributed by atoms with Crippen molar-refractivity contribution in [2.45, 2.75) is 136 Å². The predicted octanol–water partition coefficient (Wildman–Crippen LogP) is 4.25. The molecule has 0 spiro atoms. The van der Waals surface area contributed by atoms with Gasteiger partial charge in [0.25, 0.3) is 0 Å². The fraction of sp³-hybridized carbons (Fsp3) is 0.577. The van der Waals surface area contributed by atoms with Gasteiger partial charge in [-0.05, 0) is 80.7 Å². The number of nitrogens with one attached hydrogen (secondary N) is 4. The van der Waals surface area contributed by atoms with Gasteiger partial charge in [0, 0.05) is 88.2 Å². The highest BCUT2D eigenvalue weighted by atomic mass is 19.1. The zero-order chi connectivity index (χ0) is 55.6. The van der Waals surface area contributed by atoms with Crippen molar-refractivity contribution in [3.8, 4) is 0 Å². The Morgan fingerprint density at radius 2 is 1.68 bits per heavy atom. The summed E-state index contributed by atoms with van der Waals surface area (Å²) in [7, 11) is 0. The van der Waals surface area contributed by atoms with E-state index in [0.29, 0.717) is 68.4 Å². The fourth-order valence-electron chi connectivity index (χ4n) is 9.17. The molecule has 0 aliphatic carbocycles. The number of ether oxygens (including phenoxy) is 1. The lowest BCUT2D eigenvalue weighted by atomic mass is 9.99. The number of likely N-dealkylation sites (tertiary alicyclic amines) is 1. The normalized spacial score (nSPS) is 17.0. The first-order valence-electron chi connectivity index (χ1n) is 26.1. The highest BCUT2D eigenvalue weighted by molar-refractivity contribution is 5.95. The predicted molar refractivity (Wildman–Crippen MR) is 283 cm³/mol. The molecule has 5 amide bonds. The van der Waals surface area contributed by atoms with E-state index in [-0.39, 0.29) is 87.2 Å². The van der Waals surface area contributed by atoms with Crippen LogP contribution in [-0.4, -0.2) is 152 Å². The molecule has 76 heavy (non-hydrogen) atoms. The Morgan fingerprint density at radius 3 is 2.29 bits per heavy atom. The number of amides is 5. The molecule has 2 aliphatic heterocycles. The van der Waals surface area contributed by atoms with Crippen molar-refractivity contribution >= 4 is 52.2 Å². The van der Waals surface area contributed by atoms with Crippen LogP contribution in [0.5, 0.6) is 0 Å². The Labute approximate surface area is 442 Å². The monoisotopic (exact) mass is 1060 g/mol. The standard InChI is InChI=1S/C52H77FN12O11/c1-7-61-30-37(50(72)73)47(69)36-27-38(53)42(28-41(36)61)62-23-25-63(26-24-62)52(75)76-31-34-15-17-35(18-16-34)57-48(70)40(13-12-21-55-51(54)74)65(8-2)60-56-29-39(32(3)4)58-49(71)46(33(5)6)59-43(66)14-10-9-11-22-64-44(67)19-20-45(64)68/h8,15-18,27-28,30,32-33,39-40,43-44,46,49,58-59,66-67,71H,2,7,9-14,19-26,29,31H2,1,3-6H3,(H,57,70)(H,72,73)(H3,54,55,74)/b60-56-/t39-,40+,43+,44-,46+,49-/m1/s1. The van der Waals surface area contributed by atoms with E-state index in [9.17, 15) is 49.2 Å². The largest absolute Gasteiger partial charge is 0.477 e. The summed E-state index contributed by atoms with van der Waals surface area (Å²) in [6.45, 7) is 15.5. The number of rotatable bonds is 29. The van der Waals surface area contributed by atoms with Crippen LogP contribution < -0.4 is 37.3 Å². The summed E-state index contributed by atoms with van der Waals surface area (Å²) < 4.78 is 22.6. The van der Waals surface area contributed by atoms with E-state index >= 15 is 4.39 Å². The number of nitrogens with zero attached hydrogens (tertiary/aromatic N) is 7. The number of carbonyl (C=O) groups excluding carboxylic acids is 4. The van der Waals surface area contributed by atoms with E-state index in [2.05, 4.69) is 38.2 Å². The molecular formula is C52H77FN12O11. The maximum absolute atomic E-state index is 15.4. The number of primary amides is 1. The number of carboxylic acids is 1. The molecule has 23 nitrogen and oxygen atoms in total. The number of benzene rings is 2. The number of hydrogen-bond donors (Lipinski definition) is 9. The number of aliphatic hydroxyl groups excluding tert-OH is 3. The molecule has 6 atom stereocenters. The molecule has 0 radical (unpaired) electrons. The van der Waals surface area contributed by atoms with Gasteiger partial charge in [-0.1, -0.05) is 58.1 Å². The van der Waals surface area contributed by atoms with Gasteiger partial charge in [0.1, 0.15) is 42.7 Å². The minimum atomic E-state index is -1.39. The summed E-state index contributed by atoms with van der Waals surface area (Å²) in [6.07, 6.45) is 3.30. The van der Waals surface area contributed by atoms with Gasteiger partial charge in [0.15, 0.2) is 0 Å². The summed E-state index contributed by atoms with van der Waals surface area (Å²) >= 11 is 0. The topological polar surface area (TPSA) is 309 Å². The smallest absolute Gasteiger partial charge is 0.410 e. The molecule has 24 heteroatoms. The zero-order valence-electron chi connectivity index (χ0n) is 44.2. The number of aromatic carboxylic acids is 1. The second-order valence-electron chi connectivity index (χ2n) is 19.8. The number of aromatic nitrogens is 1. The zero-order valence-corrected chi connectivity index (χ0v) is 44.2. The fourth-order valence-corrected chi connectivity index (χ4v) is 9.17. The van der Waals surface area contributed by atoms with Crippen LogP contribution in [0.1, 0.15) is 102 Å². The second kappa shape index (κ2) is 29.0. The van der Waals surface area contributed by atoms with Crippen molar-refractivity contribution in [2.24, 2.45) is 27.9 Å². The summed E-state index contributed by atoms with van der Waals surface area (Å²) in [6, 6.07) is 6.74. The van der Waals surface area contributed by atoms with E-state index in [0.717, 1.165) is 12.5 Å². The Morgan fingerprint density at radius 1 is 0.974 bits per heavy atom. The van der Waals surface area contributed by atoms with Crippen LogP contribution in [0.2, 0.25) is 0 Å². The summed E-state index contributed by atoms with van der Waals surface area (Å²) in [5.41, 5.74) is 5.76. The van der Waals surface area contributed by atoms with E-state index in [4.69, 9.17) is 10.5 Å². The Kier molecular flexibility index (Phi) is 22.9. The molecule has 0 saturated carbocycles. The molecule has 3 heterocycles. The average Bonchev–Trinajstić information content (AvgIpc) is 3.71. The maximum atomic E-state index is 15.4. The number of aryl methyl sites for hydroxylation is 1. The van der Waals surface area contributed by atoms with Crippen molar-refractivity contribution in [3.63, 3.8) is 0 Å². The molecule has 5 rings (SSSR count). The van der Waals surface area contributed by atoms with E-state index < -0.39 is 71.6 Å². The Hall–Kier alpha value is -6.73. The van der Waals surface area contributed by atoms with Crippen LogP contribution in [0, 0.1) is 17.7 Å². The lowest BCUT2D eigenvalue weighted by Crippen LogP contribution is -2.57. The second-order valence-corrected chi connectivity index (χ2v) is 19.8. The number of hydrogen-bond acceptors (Lipinski definition) is 15. The number of pyridine rings is 1. The Bertz CT molecular complexity index is 2540. The maximum Gasteiger partial charge on any atom is 0.410 e. The third-order valence-electron chi connectivity index (χ3n) is 13.7. The van der Waals surface area contributed by atoms with Gasteiger partial charge in [0.05, 0.1) is 23.8 Å². The number of carbonyl (C=O) groups is 5.